The van der Waals surface area contributed by atoms with Crippen LogP contribution in [-0.4, -0.2) is 23.3 Å². The van der Waals surface area contributed by atoms with Crippen LogP contribution in [0.1, 0.15) is 19.8 Å². The minimum absolute atomic E-state index is 0.00816. The van der Waals surface area contributed by atoms with Crippen molar-refractivity contribution in [3.8, 4) is 0 Å². The normalized spacial score (nSPS) is 12.3. The molecule has 0 bridgehead atoms. The van der Waals surface area contributed by atoms with Crippen molar-refractivity contribution in [2.75, 3.05) is 6.00 Å². The quantitative estimate of drug-likeness (QED) is 0.409. The largest absolute Gasteiger partial charge is 0.481 e. The zero-order valence-electron chi connectivity index (χ0n) is 6.96. The Hall–Kier alpha value is -0.830. The fraction of sp³-hybridized carbons (Fsp3) is 0.500. The van der Waals surface area contributed by atoms with E-state index in [0.717, 1.165) is 6.42 Å². The summed E-state index contributed by atoms with van der Waals surface area (Å²) in [6, 6.07) is 0.167. The predicted molar refractivity (Wildman–Crippen MR) is 49.8 cm³/mol. The number of carbonyl (C=O) groups is 1. The van der Waals surface area contributed by atoms with Crippen LogP contribution in [0.2, 0.25) is 0 Å². The van der Waals surface area contributed by atoms with Crippen molar-refractivity contribution in [3.63, 3.8) is 0 Å². The van der Waals surface area contributed by atoms with Crippen molar-refractivity contribution >= 4 is 23.8 Å². The molecule has 0 aliphatic carbocycles. The first-order valence-corrected chi connectivity index (χ1v) is 4.20. The van der Waals surface area contributed by atoms with Crippen molar-refractivity contribution < 1.29 is 9.90 Å². The summed E-state index contributed by atoms with van der Waals surface area (Å²) in [5, 5.41) is 8.47. The average molecular weight is 190 g/mol. The molecule has 68 valence electrons. The Morgan fingerprint density at radius 3 is 2.75 bits per heavy atom. The van der Waals surface area contributed by atoms with E-state index in [0.29, 0.717) is 5.57 Å². The lowest BCUT2D eigenvalue weighted by Crippen LogP contribution is -1.98. The highest BCUT2D eigenvalue weighted by molar-refractivity contribution is 6.18. The second-order valence-corrected chi connectivity index (χ2v) is 2.43. The van der Waals surface area contributed by atoms with E-state index in [9.17, 15) is 4.79 Å². The molecule has 0 heterocycles. The first-order valence-electron chi connectivity index (χ1n) is 3.67. The van der Waals surface area contributed by atoms with Crippen molar-refractivity contribution in [2.24, 2.45) is 4.99 Å². The molecule has 3 nitrogen and oxygen atoms in total. The number of halogens is 1. The molecule has 0 atom stereocenters. The first kappa shape index (κ1) is 11.2. The smallest absolute Gasteiger partial charge is 0.307 e. The zero-order chi connectivity index (χ0) is 9.40. The van der Waals surface area contributed by atoms with Gasteiger partial charge in [-0.05, 0) is 12.0 Å². The Kier molecular flexibility index (Phi) is 6.38. The molecule has 1 N–H and O–H groups in total. The van der Waals surface area contributed by atoms with Crippen LogP contribution >= 0.6 is 11.6 Å². The molecule has 0 saturated carbocycles. The van der Waals surface area contributed by atoms with E-state index in [-0.39, 0.29) is 12.4 Å². The summed E-state index contributed by atoms with van der Waals surface area (Å²) in [7, 11) is 0. The molecule has 0 amide bonds. The van der Waals surface area contributed by atoms with Crippen LogP contribution in [-0.2, 0) is 4.79 Å². The monoisotopic (exact) mass is 189 g/mol. The maximum absolute atomic E-state index is 10.3. The summed E-state index contributed by atoms with van der Waals surface area (Å²) >= 11 is 5.31. The molecule has 0 aromatic rings. The highest BCUT2D eigenvalue weighted by atomic mass is 35.5. The molecule has 0 aliphatic heterocycles. The number of allylic oxidation sites excluding steroid dienone is 1. The van der Waals surface area contributed by atoms with E-state index in [1.165, 1.54) is 6.21 Å². The third kappa shape index (κ3) is 5.92. The first-order chi connectivity index (χ1) is 5.70. The molecule has 0 spiro atoms. The fourth-order valence-corrected chi connectivity index (χ4v) is 0.828. The number of nitrogens with zero attached hydrogens (tertiary/aromatic N) is 1. The van der Waals surface area contributed by atoms with Gasteiger partial charge in [-0.15, -0.1) is 11.6 Å². The fourth-order valence-electron chi connectivity index (χ4n) is 0.759. The number of aliphatic imine (C=N–C) groups is 1. The van der Waals surface area contributed by atoms with Gasteiger partial charge in [0.25, 0.3) is 0 Å². The SMILES string of the molecule is CC/C=C(\C=N/CCl)CC(=O)O. The van der Waals surface area contributed by atoms with E-state index in [4.69, 9.17) is 16.7 Å². The molecule has 4 heteroatoms. The summed E-state index contributed by atoms with van der Waals surface area (Å²) < 4.78 is 0. The van der Waals surface area contributed by atoms with Gasteiger partial charge in [0.05, 0.1) is 6.42 Å². The Bertz CT molecular complexity index is 199. The predicted octanol–water partition coefficient (Wildman–Crippen LogP) is 2.06. The molecular formula is C8H12ClNO2. The van der Waals surface area contributed by atoms with Crippen LogP contribution in [0.3, 0.4) is 0 Å². The van der Waals surface area contributed by atoms with Gasteiger partial charge in [-0.25, -0.2) is 0 Å². The van der Waals surface area contributed by atoms with E-state index in [2.05, 4.69) is 4.99 Å². The van der Waals surface area contributed by atoms with Crippen molar-refractivity contribution in [2.45, 2.75) is 19.8 Å². The Labute approximate surface area is 76.8 Å². The second kappa shape index (κ2) is 6.85. The highest BCUT2D eigenvalue weighted by Crippen LogP contribution is 2.00. The molecular weight excluding hydrogens is 178 g/mol. The van der Waals surface area contributed by atoms with Crippen LogP contribution in [0.15, 0.2) is 16.6 Å². The zero-order valence-corrected chi connectivity index (χ0v) is 7.71. The van der Waals surface area contributed by atoms with Gasteiger partial charge in [-0.2, -0.15) is 0 Å². The van der Waals surface area contributed by atoms with Gasteiger partial charge < -0.3 is 5.11 Å². The van der Waals surface area contributed by atoms with E-state index in [1.54, 1.807) is 0 Å². The molecule has 0 rings (SSSR count). The van der Waals surface area contributed by atoms with Crippen LogP contribution in [0.5, 0.6) is 0 Å². The van der Waals surface area contributed by atoms with E-state index in [1.807, 2.05) is 13.0 Å². The Morgan fingerprint density at radius 1 is 1.67 bits per heavy atom. The molecule has 12 heavy (non-hydrogen) atoms. The molecule has 0 unspecified atom stereocenters. The standard InChI is InChI=1S/C8H12ClNO2/c1-2-3-7(4-8(11)12)5-10-6-9/h3,5H,2,4,6H2,1H3,(H,11,12)/b7-3-,10-5-. The lowest BCUT2D eigenvalue weighted by Gasteiger charge is -1.95. The maximum atomic E-state index is 10.3. The number of hydrogen-bond donors (Lipinski definition) is 1. The summed E-state index contributed by atoms with van der Waals surface area (Å²) in [5.74, 6) is -0.851. The van der Waals surface area contributed by atoms with Gasteiger partial charge in [-0.1, -0.05) is 13.0 Å². The molecule has 0 saturated heterocycles. The number of carboxylic acids is 1. The average Bonchev–Trinajstić information content (AvgIpc) is 2.00. The maximum Gasteiger partial charge on any atom is 0.307 e. The van der Waals surface area contributed by atoms with Crippen LogP contribution in [0, 0.1) is 0 Å². The lowest BCUT2D eigenvalue weighted by atomic mass is 10.2. The summed E-state index contributed by atoms with van der Waals surface area (Å²) in [4.78, 5) is 14.1. The lowest BCUT2D eigenvalue weighted by molar-refractivity contribution is -0.136. The molecule has 0 aromatic carbocycles. The van der Waals surface area contributed by atoms with Gasteiger partial charge in [0.1, 0.15) is 6.00 Å². The van der Waals surface area contributed by atoms with Crippen LogP contribution in [0.25, 0.3) is 0 Å². The van der Waals surface area contributed by atoms with Crippen molar-refractivity contribution in [3.05, 3.63) is 11.6 Å². The number of hydrogen-bond acceptors (Lipinski definition) is 2. The van der Waals surface area contributed by atoms with Gasteiger partial charge in [0.15, 0.2) is 0 Å². The molecule has 0 aliphatic rings. The second-order valence-electron chi connectivity index (χ2n) is 2.19. The Balaban J connectivity index is 4.14. The van der Waals surface area contributed by atoms with Crippen LogP contribution in [0.4, 0.5) is 0 Å². The Morgan fingerprint density at radius 2 is 2.33 bits per heavy atom. The number of rotatable bonds is 5. The topological polar surface area (TPSA) is 49.7 Å². The number of alkyl halides is 1. The molecule has 0 radical (unpaired) electrons. The minimum atomic E-state index is -0.851. The van der Waals surface area contributed by atoms with Crippen molar-refractivity contribution in [1.29, 1.82) is 0 Å². The van der Waals surface area contributed by atoms with E-state index >= 15 is 0 Å². The van der Waals surface area contributed by atoms with Gasteiger partial charge in [0, 0.05) is 6.21 Å². The third-order valence-electron chi connectivity index (χ3n) is 1.15. The summed E-state index contributed by atoms with van der Waals surface area (Å²) in [6.07, 6.45) is 4.14. The van der Waals surface area contributed by atoms with Gasteiger partial charge >= 0.3 is 5.97 Å². The minimum Gasteiger partial charge on any atom is -0.481 e. The highest BCUT2D eigenvalue weighted by Gasteiger charge is 1.99. The summed E-state index contributed by atoms with van der Waals surface area (Å²) in [6.45, 7) is 1.94. The van der Waals surface area contributed by atoms with Crippen LogP contribution < -0.4 is 0 Å². The molecule has 0 fully saturated rings. The number of carboxylic acid groups (broad SMARTS) is 1. The van der Waals surface area contributed by atoms with Crippen molar-refractivity contribution in [1.82, 2.24) is 0 Å². The van der Waals surface area contributed by atoms with E-state index < -0.39 is 5.97 Å². The van der Waals surface area contributed by atoms with Gasteiger partial charge in [0.2, 0.25) is 0 Å². The number of aliphatic carboxylic acids is 1. The summed E-state index contributed by atoms with van der Waals surface area (Å²) in [5.41, 5.74) is 0.700. The molecule has 0 aromatic heterocycles. The third-order valence-corrected chi connectivity index (χ3v) is 1.29. The van der Waals surface area contributed by atoms with Gasteiger partial charge in [-0.3, -0.25) is 9.79 Å².